The van der Waals surface area contributed by atoms with E-state index in [2.05, 4.69) is 0 Å². The van der Waals surface area contributed by atoms with Crippen LogP contribution in [0, 0.1) is 0 Å². The first kappa shape index (κ1) is 14.1. The number of hydrogen-bond donors (Lipinski definition) is 0. The van der Waals surface area contributed by atoms with Gasteiger partial charge >= 0.3 is 6.18 Å². The minimum atomic E-state index is -4.17. The van der Waals surface area contributed by atoms with Crippen molar-refractivity contribution in [3.63, 3.8) is 0 Å². The summed E-state index contributed by atoms with van der Waals surface area (Å²) in [6.45, 7) is 0. The van der Waals surface area contributed by atoms with Crippen molar-refractivity contribution in [3.8, 4) is 0 Å². The Kier molecular flexibility index (Phi) is 3.97. The molecule has 1 aliphatic rings. The molecular weight excluding hydrogens is 253 g/mol. The fourth-order valence-corrected chi connectivity index (χ4v) is 2.70. The van der Waals surface area contributed by atoms with E-state index in [-0.39, 0.29) is 18.6 Å². The van der Waals surface area contributed by atoms with Gasteiger partial charge in [-0.25, -0.2) is 0 Å². The fraction of sp³-hybridized carbons (Fsp3) is 0.533. The molecule has 0 radical (unpaired) electrons. The van der Waals surface area contributed by atoms with Gasteiger partial charge in [0.25, 0.3) is 0 Å². The first-order chi connectivity index (χ1) is 8.94. The van der Waals surface area contributed by atoms with Gasteiger partial charge in [0.15, 0.2) is 0 Å². The van der Waals surface area contributed by atoms with Crippen LogP contribution in [-0.2, 0) is 10.2 Å². The zero-order chi connectivity index (χ0) is 13.9. The Bertz CT molecular complexity index is 432. The predicted octanol–water partition coefficient (Wildman–Crippen LogP) is 4.41. The monoisotopic (exact) mass is 270 g/mol. The fourth-order valence-electron chi connectivity index (χ4n) is 2.70. The molecule has 0 bridgehead atoms. The highest BCUT2D eigenvalue weighted by Gasteiger charge is 2.44. The number of hydrogen-bond acceptors (Lipinski definition) is 1. The number of halogens is 3. The molecule has 0 N–H and O–H groups in total. The number of carbonyl (C=O) groups excluding carboxylic acids is 1. The SMILES string of the molecule is O=C(CCCC(F)(F)F)C1(c2ccccc2)CCC1. The van der Waals surface area contributed by atoms with Crippen LogP contribution in [0.15, 0.2) is 30.3 Å². The zero-order valence-electron chi connectivity index (χ0n) is 10.7. The lowest BCUT2D eigenvalue weighted by Gasteiger charge is -2.41. The molecule has 1 aromatic carbocycles. The van der Waals surface area contributed by atoms with Crippen molar-refractivity contribution in [3.05, 3.63) is 35.9 Å². The van der Waals surface area contributed by atoms with Gasteiger partial charge in [0.2, 0.25) is 0 Å². The molecule has 0 amide bonds. The molecule has 104 valence electrons. The van der Waals surface area contributed by atoms with E-state index in [1.165, 1.54) is 0 Å². The van der Waals surface area contributed by atoms with Crippen LogP contribution in [0.25, 0.3) is 0 Å². The summed E-state index contributed by atoms with van der Waals surface area (Å²) in [5.41, 5.74) is 0.450. The maximum absolute atomic E-state index is 12.3. The van der Waals surface area contributed by atoms with Gasteiger partial charge in [-0.05, 0) is 24.8 Å². The van der Waals surface area contributed by atoms with Crippen molar-refractivity contribution in [2.24, 2.45) is 0 Å². The van der Waals surface area contributed by atoms with Gasteiger partial charge < -0.3 is 0 Å². The largest absolute Gasteiger partial charge is 0.389 e. The predicted molar refractivity (Wildman–Crippen MR) is 66.9 cm³/mol. The van der Waals surface area contributed by atoms with E-state index in [4.69, 9.17) is 0 Å². The van der Waals surface area contributed by atoms with Crippen LogP contribution < -0.4 is 0 Å². The Hall–Kier alpha value is -1.32. The Morgan fingerprint density at radius 1 is 1.16 bits per heavy atom. The molecule has 0 heterocycles. The highest BCUT2D eigenvalue weighted by Crippen LogP contribution is 2.45. The summed E-state index contributed by atoms with van der Waals surface area (Å²) in [7, 11) is 0. The highest BCUT2D eigenvalue weighted by atomic mass is 19.4. The molecule has 0 unspecified atom stereocenters. The minimum Gasteiger partial charge on any atom is -0.299 e. The summed E-state index contributed by atoms with van der Waals surface area (Å²) in [6.07, 6.45) is -2.61. The van der Waals surface area contributed by atoms with Crippen molar-refractivity contribution in [2.45, 2.75) is 50.1 Å². The van der Waals surface area contributed by atoms with Gasteiger partial charge in [0.1, 0.15) is 5.78 Å². The lowest BCUT2D eigenvalue weighted by Crippen LogP contribution is -2.42. The normalized spacial score (nSPS) is 17.8. The first-order valence-corrected chi connectivity index (χ1v) is 6.60. The third kappa shape index (κ3) is 3.17. The Labute approximate surface area is 110 Å². The van der Waals surface area contributed by atoms with Crippen LogP contribution in [-0.4, -0.2) is 12.0 Å². The van der Waals surface area contributed by atoms with Crippen molar-refractivity contribution in [2.75, 3.05) is 0 Å². The lowest BCUT2D eigenvalue weighted by atomic mass is 9.61. The summed E-state index contributed by atoms with van der Waals surface area (Å²) in [4.78, 5) is 12.3. The zero-order valence-corrected chi connectivity index (χ0v) is 10.7. The van der Waals surface area contributed by atoms with Crippen molar-refractivity contribution in [1.29, 1.82) is 0 Å². The smallest absolute Gasteiger partial charge is 0.299 e. The molecule has 1 nitrogen and oxygen atoms in total. The van der Waals surface area contributed by atoms with Crippen molar-refractivity contribution >= 4 is 5.78 Å². The second kappa shape index (κ2) is 5.35. The van der Waals surface area contributed by atoms with E-state index < -0.39 is 18.0 Å². The Morgan fingerprint density at radius 3 is 2.26 bits per heavy atom. The second-order valence-electron chi connectivity index (χ2n) is 5.19. The Morgan fingerprint density at radius 2 is 1.79 bits per heavy atom. The maximum Gasteiger partial charge on any atom is 0.389 e. The highest BCUT2D eigenvalue weighted by molar-refractivity contribution is 5.91. The number of alkyl halides is 3. The summed E-state index contributed by atoms with van der Waals surface area (Å²) >= 11 is 0. The van der Waals surface area contributed by atoms with Crippen LogP contribution in [0.4, 0.5) is 13.2 Å². The Balaban J connectivity index is 2.00. The van der Waals surface area contributed by atoms with E-state index >= 15 is 0 Å². The van der Waals surface area contributed by atoms with Crippen LogP contribution >= 0.6 is 0 Å². The number of carbonyl (C=O) groups is 1. The first-order valence-electron chi connectivity index (χ1n) is 6.60. The third-order valence-electron chi connectivity index (χ3n) is 3.93. The van der Waals surface area contributed by atoms with E-state index in [1.807, 2.05) is 30.3 Å². The van der Waals surface area contributed by atoms with Gasteiger partial charge in [-0.3, -0.25) is 4.79 Å². The number of benzene rings is 1. The van der Waals surface area contributed by atoms with Crippen LogP contribution in [0.2, 0.25) is 0 Å². The van der Waals surface area contributed by atoms with Gasteiger partial charge in [0, 0.05) is 12.8 Å². The molecule has 0 aromatic heterocycles. The molecule has 0 aliphatic heterocycles. The van der Waals surface area contributed by atoms with E-state index in [9.17, 15) is 18.0 Å². The molecule has 2 rings (SSSR count). The van der Waals surface area contributed by atoms with Gasteiger partial charge in [-0.2, -0.15) is 13.2 Å². The molecule has 0 atom stereocenters. The molecule has 0 spiro atoms. The van der Waals surface area contributed by atoms with E-state index in [0.29, 0.717) is 0 Å². The number of rotatable bonds is 5. The average molecular weight is 270 g/mol. The van der Waals surface area contributed by atoms with Crippen molar-refractivity contribution < 1.29 is 18.0 Å². The molecule has 1 saturated carbocycles. The minimum absolute atomic E-state index is 0.0222. The van der Waals surface area contributed by atoms with Crippen LogP contribution in [0.3, 0.4) is 0 Å². The molecule has 1 fully saturated rings. The summed E-state index contributed by atoms with van der Waals surface area (Å²) in [6, 6.07) is 9.43. The van der Waals surface area contributed by atoms with Gasteiger partial charge in [-0.1, -0.05) is 36.8 Å². The summed E-state index contributed by atoms with van der Waals surface area (Å²) in [5.74, 6) is -0.0331. The van der Waals surface area contributed by atoms with Crippen LogP contribution in [0.1, 0.15) is 44.1 Å². The molecular formula is C15H17F3O. The van der Waals surface area contributed by atoms with E-state index in [1.54, 1.807) is 0 Å². The van der Waals surface area contributed by atoms with Crippen molar-refractivity contribution in [1.82, 2.24) is 0 Å². The maximum atomic E-state index is 12.3. The molecule has 1 aromatic rings. The number of Topliss-reactive ketones (excluding diaryl/α,β-unsaturated/α-hetero) is 1. The number of ketones is 1. The second-order valence-corrected chi connectivity index (χ2v) is 5.19. The third-order valence-corrected chi connectivity index (χ3v) is 3.93. The molecule has 4 heteroatoms. The summed E-state index contributed by atoms with van der Waals surface area (Å²) < 4.78 is 36.3. The molecule has 1 aliphatic carbocycles. The van der Waals surface area contributed by atoms with Gasteiger partial charge in [-0.15, -0.1) is 0 Å². The average Bonchev–Trinajstić information content (AvgIpc) is 2.27. The van der Waals surface area contributed by atoms with E-state index in [0.717, 1.165) is 24.8 Å². The summed E-state index contributed by atoms with van der Waals surface area (Å²) in [5, 5.41) is 0. The molecule has 19 heavy (non-hydrogen) atoms. The standard InChI is InChI=1S/C15H17F3O/c16-15(17,18)11-4-8-13(19)14(9-5-10-14)12-6-2-1-3-7-12/h1-3,6-7H,4-5,8-11H2. The van der Waals surface area contributed by atoms with Gasteiger partial charge in [0.05, 0.1) is 5.41 Å². The lowest BCUT2D eigenvalue weighted by molar-refractivity contribution is -0.138. The topological polar surface area (TPSA) is 17.1 Å². The van der Waals surface area contributed by atoms with Crippen LogP contribution in [0.5, 0.6) is 0 Å². The quantitative estimate of drug-likeness (QED) is 0.774. The molecule has 0 saturated heterocycles.